The number of ether oxygens (including phenoxy) is 1. The first-order chi connectivity index (χ1) is 7.80. The molecule has 2 nitrogen and oxygen atoms in total. The van der Waals surface area contributed by atoms with Gasteiger partial charge in [0.1, 0.15) is 0 Å². The summed E-state index contributed by atoms with van der Waals surface area (Å²) in [6.45, 7) is 4.89. The van der Waals surface area contributed by atoms with Crippen LogP contribution in [0.25, 0.3) is 6.08 Å². The Morgan fingerprint density at radius 2 is 2.44 bits per heavy atom. The third kappa shape index (κ3) is 1.69. The summed E-state index contributed by atoms with van der Waals surface area (Å²) in [6.07, 6.45) is 8.78. The Morgan fingerprint density at radius 1 is 1.62 bits per heavy atom. The summed E-state index contributed by atoms with van der Waals surface area (Å²) in [4.78, 5) is 0. The molecule has 1 unspecified atom stereocenters. The Kier molecular flexibility index (Phi) is 2.96. The average Bonchev–Trinajstić information content (AvgIpc) is 2.36. The third-order valence-electron chi connectivity index (χ3n) is 2.90. The standard InChI is InChI=1S/C14H16NO/c1-4-11-8-7-9-13-14(11)15(6-3)10-12(5-2)16-13/h3-4,7-9,12H,5,10H2,1-2H3/q+1. The largest absolute Gasteiger partial charge is 0.477 e. The fraction of sp³-hybridized carbons (Fsp3) is 0.357. The summed E-state index contributed by atoms with van der Waals surface area (Å²) < 4.78 is 7.85. The van der Waals surface area contributed by atoms with Crippen molar-refractivity contribution in [1.29, 1.82) is 0 Å². The lowest BCUT2D eigenvalue weighted by Gasteiger charge is -2.18. The Hall–Kier alpha value is -1.75. The first-order valence-corrected chi connectivity index (χ1v) is 5.63. The first kappa shape index (κ1) is 10.8. The second kappa shape index (κ2) is 4.40. The SMILES string of the molecule is C#C[N+]1=c2c(cccc2=CC)OC(CC)C1. The lowest BCUT2D eigenvalue weighted by atomic mass is 10.2. The van der Waals surface area contributed by atoms with Gasteiger partial charge in [-0.05, 0) is 31.9 Å². The van der Waals surface area contributed by atoms with Crippen LogP contribution in [-0.2, 0) is 0 Å². The molecule has 2 heteroatoms. The molecule has 1 aromatic carbocycles. The minimum atomic E-state index is 0.190. The summed E-state index contributed by atoms with van der Waals surface area (Å²) in [5, 5.41) is 2.15. The molecule has 0 fully saturated rings. The molecule has 0 N–H and O–H groups in total. The zero-order valence-corrected chi connectivity index (χ0v) is 9.73. The molecule has 1 heterocycles. The van der Waals surface area contributed by atoms with Crippen molar-refractivity contribution in [1.82, 2.24) is 4.58 Å². The van der Waals surface area contributed by atoms with Gasteiger partial charge in [-0.2, -0.15) is 0 Å². The van der Waals surface area contributed by atoms with Gasteiger partial charge in [-0.15, -0.1) is 4.58 Å². The van der Waals surface area contributed by atoms with Gasteiger partial charge in [0, 0.05) is 5.22 Å². The number of nitrogens with zero attached hydrogens (tertiary/aromatic N) is 1. The van der Waals surface area contributed by atoms with Crippen LogP contribution < -0.4 is 19.9 Å². The van der Waals surface area contributed by atoms with Crippen LogP contribution in [0.1, 0.15) is 20.3 Å². The second-order valence-electron chi connectivity index (χ2n) is 3.87. The molecule has 16 heavy (non-hydrogen) atoms. The Labute approximate surface area is 95.9 Å². The minimum absolute atomic E-state index is 0.190. The minimum Gasteiger partial charge on any atom is -0.477 e. The van der Waals surface area contributed by atoms with E-state index in [0.29, 0.717) is 0 Å². The number of benzene rings is 1. The van der Waals surface area contributed by atoms with Crippen LogP contribution in [0.15, 0.2) is 18.2 Å². The molecule has 0 bridgehead atoms. The fourth-order valence-electron chi connectivity index (χ4n) is 2.00. The molecular formula is C14H16NO+. The van der Waals surface area contributed by atoms with E-state index in [1.807, 2.05) is 23.6 Å². The van der Waals surface area contributed by atoms with E-state index in [-0.39, 0.29) is 6.10 Å². The van der Waals surface area contributed by atoms with E-state index in [1.54, 1.807) is 0 Å². The number of fused-ring (bicyclic) bond motifs is 1. The van der Waals surface area contributed by atoms with Crippen LogP contribution in [-0.4, -0.2) is 12.6 Å². The molecule has 2 rings (SSSR count). The van der Waals surface area contributed by atoms with Crippen molar-refractivity contribution in [3.05, 3.63) is 28.8 Å². The van der Waals surface area contributed by atoms with Gasteiger partial charge < -0.3 is 4.74 Å². The Morgan fingerprint density at radius 3 is 3.06 bits per heavy atom. The van der Waals surface area contributed by atoms with Crippen molar-refractivity contribution >= 4 is 6.08 Å². The van der Waals surface area contributed by atoms with E-state index < -0.39 is 0 Å². The monoisotopic (exact) mass is 214 g/mol. The highest BCUT2D eigenvalue weighted by atomic mass is 16.5. The molecule has 1 aliphatic rings. The van der Waals surface area contributed by atoms with E-state index in [4.69, 9.17) is 11.2 Å². The van der Waals surface area contributed by atoms with Crippen molar-refractivity contribution in [2.45, 2.75) is 26.4 Å². The number of rotatable bonds is 1. The Balaban J connectivity index is 2.75. The highest BCUT2D eigenvalue weighted by molar-refractivity contribution is 5.31. The maximum atomic E-state index is 5.90. The summed E-state index contributed by atoms with van der Waals surface area (Å²) >= 11 is 0. The summed E-state index contributed by atoms with van der Waals surface area (Å²) in [5.41, 5.74) is 0. The highest BCUT2D eigenvalue weighted by Crippen LogP contribution is 2.09. The van der Waals surface area contributed by atoms with Crippen LogP contribution in [0.4, 0.5) is 0 Å². The van der Waals surface area contributed by atoms with Crippen LogP contribution in [0.2, 0.25) is 0 Å². The second-order valence-corrected chi connectivity index (χ2v) is 3.87. The van der Waals surface area contributed by atoms with Gasteiger partial charge in [0.25, 0.3) is 5.36 Å². The van der Waals surface area contributed by atoms with Gasteiger partial charge in [-0.25, -0.2) is 0 Å². The average molecular weight is 214 g/mol. The van der Waals surface area contributed by atoms with E-state index in [1.165, 1.54) is 0 Å². The first-order valence-electron chi connectivity index (χ1n) is 5.63. The van der Waals surface area contributed by atoms with E-state index in [2.05, 4.69) is 25.1 Å². The lowest BCUT2D eigenvalue weighted by Crippen LogP contribution is -2.48. The van der Waals surface area contributed by atoms with Crippen LogP contribution in [0.3, 0.4) is 0 Å². The van der Waals surface area contributed by atoms with Crippen molar-refractivity contribution in [3.63, 3.8) is 0 Å². The summed E-state index contributed by atoms with van der Waals surface area (Å²) in [7, 11) is 0. The van der Waals surface area contributed by atoms with Gasteiger partial charge in [-0.3, -0.25) is 0 Å². The molecule has 0 radical (unpaired) electrons. The van der Waals surface area contributed by atoms with Gasteiger partial charge in [0.2, 0.25) is 6.04 Å². The van der Waals surface area contributed by atoms with Crippen LogP contribution in [0, 0.1) is 12.5 Å². The fourth-order valence-corrected chi connectivity index (χ4v) is 2.00. The molecule has 0 aromatic heterocycles. The molecule has 1 atom stereocenters. The molecule has 0 spiro atoms. The quantitative estimate of drug-likeness (QED) is 0.496. The van der Waals surface area contributed by atoms with Gasteiger partial charge in [0.05, 0.1) is 0 Å². The van der Waals surface area contributed by atoms with Gasteiger partial charge in [-0.1, -0.05) is 19.1 Å². The van der Waals surface area contributed by atoms with Crippen molar-refractivity contribution in [2.24, 2.45) is 0 Å². The molecule has 0 saturated carbocycles. The van der Waals surface area contributed by atoms with E-state index >= 15 is 0 Å². The third-order valence-corrected chi connectivity index (χ3v) is 2.90. The summed E-state index contributed by atoms with van der Waals surface area (Å²) in [5.74, 6) is 0.895. The van der Waals surface area contributed by atoms with Gasteiger partial charge in [0.15, 0.2) is 18.4 Å². The zero-order chi connectivity index (χ0) is 11.5. The molecular weight excluding hydrogens is 198 g/mol. The molecule has 1 aliphatic heterocycles. The maximum Gasteiger partial charge on any atom is 0.264 e. The number of hydrogen-bond acceptors (Lipinski definition) is 1. The van der Waals surface area contributed by atoms with Crippen molar-refractivity contribution in [2.75, 3.05) is 6.54 Å². The normalized spacial score (nSPS) is 19.9. The molecule has 0 saturated heterocycles. The van der Waals surface area contributed by atoms with Crippen molar-refractivity contribution < 1.29 is 4.74 Å². The molecule has 1 aromatic rings. The molecule has 82 valence electrons. The number of terminal acetylenes is 1. The predicted octanol–water partition coefficient (Wildman–Crippen LogP) is 0.740. The maximum absolute atomic E-state index is 5.90. The van der Waals surface area contributed by atoms with E-state index in [9.17, 15) is 0 Å². The number of para-hydroxylation sites is 1. The van der Waals surface area contributed by atoms with Crippen LogP contribution >= 0.6 is 0 Å². The highest BCUT2D eigenvalue weighted by Gasteiger charge is 2.24. The predicted molar refractivity (Wildman–Crippen MR) is 65.5 cm³/mol. The van der Waals surface area contributed by atoms with E-state index in [0.717, 1.165) is 29.3 Å². The van der Waals surface area contributed by atoms with Gasteiger partial charge >= 0.3 is 0 Å². The van der Waals surface area contributed by atoms with Crippen LogP contribution in [0.5, 0.6) is 5.75 Å². The Bertz CT molecular complexity index is 551. The summed E-state index contributed by atoms with van der Waals surface area (Å²) in [6, 6.07) is 8.77. The number of hydrogen-bond donors (Lipinski definition) is 0. The molecule has 0 aliphatic carbocycles. The lowest BCUT2D eigenvalue weighted by molar-refractivity contribution is 0.173. The molecule has 0 amide bonds. The smallest absolute Gasteiger partial charge is 0.264 e. The topological polar surface area (TPSA) is 12.2 Å². The van der Waals surface area contributed by atoms with Crippen molar-refractivity contribution in [3.8, 4) is 18.2 Å². The zero-order valence-electron chi connectivity index (χ0n) is 9.73.